The van der Waals surface area contributed by atoms with Gasteiger partial charge in [-0.25, -0.2) is 0 Å². The Morgan fingerprint density at radius 1 is 1.64 bits per heavy atom. The van der Waals surface area contributed by atoms with Gasteiger partial charge in [0.05, 0.1) is 0 Å². The predicted octanol–water partition coefficient (Wildman–Crippen LogP) is 1.24. The van der Waals surface area contributed by atoms with E-state index in [0.29, 0.717) is 11.9 Å². The Bertz CT molecular complexity index is 194. The minimum absolute atomic E-state index is 0.199. The number of amides is 1. The van der Waals surface area contributed by atoms with Crippen molar-refractivity contribution in [3.63, 3.8) is 0 Å². The van der Waals surface area contributed by atoms with Crippen LogP contribution in [0.25, 0.3) is 0 Å². The molecule has 1 fully saturated rings. The number of carbonyl (C=O) groups is 1. The molecule has 0 spiro atoms. The van der Waals surface area contributed by atoms with Gasteiger partial charge in [-0.05, 0) is 13.3 Å². The Morgan fingerprint density at radius 3 is 2.93 bits per heavy atom. The van der Waals surface area contributed by atoms with Crippen LogP contribution in [0.5, 0.6) is 0 Å². The van der Waals surface area contributed by atoms with Crippen LogP contribution in [0.2, 0.25) is 0 Å². The highest BCUT2D eigenvalue weighted by Gasteiger charge is 2.23. The summed E-state index contributed by atoms with van der Waals surface area (Å²) in [5, 5.41) is 3.34. The fraction of sp³-hybridized carbons (Fsp3) is 0.909. The predicted molar refractivity (Wildman–Crippen MR) is 58.1 cm³/mol. The lowest BCUT2D eigenvalue weighted by Gasteiger charge is -2.33. The number of piperazine rings is 1. The Hall–Kier alpha value is -0.570. The third kappa shape index (κ3) is 2.98. The number of rotatable bonds is 3. The Balaban J connectivity index is 2.42. The lowest BCUT2D eigenvalue weighted by molar-refractivity contribution is -0.136. The summed E-state index contributed by atoms with van der Waals surface area (Å²) in [5.41, 5.74) is 0. The molecular weight excluding hydrogens is 176 g/mol. The Kier molecular flexibility index (Phi) is 4.39. The fourth-order valence-corrected chi connectivity index (χ4v) is 2.00. The zero-order chi connectivity index (χ0) is 10.6. The lowest BCUT2D eigenvalue weighted by atomic mass is 10.0. The number of hydrogen-bond donors (Lipinski definition) is 1. The summed E-state index contributed by atoms with van der Waals surface area (Å²) < 4.78 is 0. The van der Waals surface area contributed by atoms with Gasteiger partial charge in [0.25, 0.3) is 0 Å². The van der Waals surface area contributed by atoms with Crippen molar-refractivity contribution < 1.29 is 4.79 Å². The molecule has 0 aromatic carbocycles. The minimum Gasteiger partial charge on any atom is -0.340 e. The van der Waals surface area contributed by atoms with Gasteiger partial charge in [-0.15, -0.1) is 0 Å². The van der Waals surface area contributed by atoms with Crippen molar-refractivity contribution in [1.29, 1.82) is 0 Å². The number of nitrogens with one attached hydrogen (secondary N) is 1. The second kappa shape index (κ2) is 5.35. The molecule has 1 rings (SSSR count). The largest absolute Gasteiger partial charge is 0.340 e. The first kappa shape index (κ1) is 11.5. The molecule has 1 unspecified atom stereocenters. The first-order valence-corrected chi connectivity index (χ1v) is 5.67. The molecule has 2 atom stereocenters. The summed E-state index contributed by atoms with van der Waals surface area (Å²) >= 11 is 0. The van der Waals surface area contributed by atoms with Crippen LogP contribution in [0.4, 0.5) is 0 Å². The molecule has 0 aliphatic carbocycles. The third-order valence-corrected chi connectivity index (χ3v) is 2.82. The van der Waals surface area contributed by atoms with Gasteiger partial charge in [-0.3, -0.25) is 4.79 Å². The molecule has 1 saturated heterocycles. The number of hydrogen-bond acceptors (Lipinski definition) is 2. The molecule has 3 heteroatoms. The van der Waals surface area contributed by atoms with E-state index in [0.717, 1.165) is 32.5 Å². The summed E-state index contributed by atoms with van der Waals surface area (Å²) in [4.78, 5) is 13.9. The maximum absolute atomic E-state index is 11.9. The smallest absolute Gasteiger partial charge is 0.225 e. The molecule has 1 aliphatic rings. The second-order valence-corrected chi connectivity index (χ2v) is 4.33. The molecular formula is C11H22N2O. The molecule has 1 N–H and O–H groups in total. The summed E-state index contributed by atoms with van der Waals surface area (Å²) in [6.45, 7) is 8.97. The average Bonchev–Trinajstić information content (AvgIpc) is 2.17. The highest BCUT2D eigenvalue weighted by Crippen LogP contribution is 2.11. The normalized spacial score (nSPS) is 24.8. The van der Waals surface area contributed by atoms with E-state index in [-0.39, 0.29) is 5.92 Å². The van der Waals surface area contributed by atoms with Crippen molar-refractivity contribution in [2.45, 2.75) is 39.7 Å². The molecule has 82 valence electrons. The van der Waals surface area contributed by atoms with Crippen LogP contribution in [0.3, 0.4) is 0 Å². The molecule has 14 heavy (non-hydrogen) atoms. The first-order valence-electron chi connectivity index (χ1n) is 5.67. The Labute approximate surface area is 86.9 Å². The SMILES string of the molecule is CCCC(C)C(=O)N1CCN[C@H](C)C1. The Morgan fingerprint density at radius 2 is 2.36 bits per heavy atom. The number of nitrogens with zero attached hydrogens (tertiary/aromatic N) is 1. The first-order chi connectivity index (χ1) is 6.65. The van der Waals surface area contributed by atoms with Crippen molar-refractivity contribution in [1.82, 2.24) is 10.2 Å². The van der Waals surface area contributed by atoms with Crippen molar-refractivity contribution in [2.75, 3.05) is 19.6 Å². The summed E-state index contributed by atoms with van der Waals surface area (Å²) in [7, 11) is 0. The number of carbonyl (C=O) groups excluding carboxylic acids is 1. The lowest BCUT2D eigenvalue weighted by Crippen LogP contribution is -2.52. The zero-order valence-electron chi connectivity index (χ0n) is 9.55. The third-order valence-electron chi connectivity index (χ3n) is 2.82. The molecule has 0 radical (unpaired) electrons. The molecule has 0 bridgehead atoms. The highest BCUT2D eigenvalue weighted by atomic mass is 16.2. The van der Waals surface area contributed by atoms with E-state index in [2.05, 4.69) is 19.2 Å². The van der Waals surface area contributed by atoms with Gasteiger partial charge in [-0.2, -0.15) is 0 Å². The standard InChI is InChI=1S/C11H22N2O/c1-4-5-9(2)11(14)13-7-6-12-10(3)8-13/h9-10,12H,4-8H2,1-3H3/t9?,10-/m1/s1. The van der Waals surface area contributed by atoms with Gasteiger partial charge in [0.1, 0.15) is 0 Å². The molecule has 3 nitrogen and oxygen atoms in total. The van der Waals surface area contributed by atoms with E-state index in [1.807, 2.05) is 11.8 Å². The summed E-state index contributed by atoms with van der Waals surface area (Å²) in [6, 6.07) is 0.446. The van der Waals surface area contributed by atoms with Crippen LogP contribution < -0.4 is 5.32 Å². The maximum atomic E-state index is 11.9. The summed E-state index contributed by atoms with van der Waals surface area (Å²) in [6.07, 6.45) is 2.10. The van der Waals surface area contributed by atoms with E-state index in [9.17, 15) is 4.79 Å². The van der Waals surface area contributed by atoms with Crippen LogP contribution >= 0.6 is 0 Å². The van der Waals surface area contributed by atoms with Gasteiger partial charge in [0.15, 0.2) is 0 Å². The zero-order valence-corrected chi connectivity index (χ0v) is 9.55. The van der Waals surface area contributed by atoms with Gasteiger partial charge in [0, 0.05) is 31.6 Å². The van der Waals surface area contributed by atoms with Gasteiger partial charge in [0.2, 0.25) is 5.91 Å². The van der Waals surface area contributed by atoms with Crippen molar-refractivity contribution in [3.05, 3.63) is 0 Å². The minimum atomic E-state index is 0.199. The molecule has 0 saturated carbocycles. The average molecular weight is 198 g/mol. The quantitative estimate of drug-likeness (QED) is 0.740. The van der Waals surface area contributed by atoms with Crippen LogP contribution in [0.1, 0.15) is 33.6 Å². The van der Waals surface area contributed by atoms with E-state index in [4.69, 9.17) is 0 Å². The van der Waals surface area contributed by atoms with Crippen LogP contribution in [-0.4, -0.2) is 36.5 Å². The van der Waals surface area contributed by atoms with Crippen LogP contribution in [0.15, 0.2) is 0 Å². The van der Waals surface area contributed by atoms with E-state index in [1.54, 1.807) is 0 Å². The maximum Gasteiger partial charge on any atom is 0.225 e. The van der Waals surface area contributed by atoms with E-state index < -0.39 is 0 Å². The highest BCUT2D eigenvalue weighted by molar-refractivity contribution is 5.78. The molecule has 1 aliphatic heterocycles. The summed E-state index contributed by atoms with van der Waals surface area (Å²) in [5.74, 6) is 0.533. The van der Waals surface area contributed by atoms with Crippen molar-refractivity contribution in [3.8, 4) is 0 Å². The van der Waals surface area contributed by atoms with Gasteiger partial charge < -0.3 is 10.2 Å². The topological polar surface area (TPSA) is 32.3 Å². The monoisotopic (exact) mass is 198 g/mol. The molecule has 0 aromatic rings. The van der Waals surface area contributed by atoms with Crippen LogP contribution in [0, 0.1) is 5.92 Å². The fourth-order valence-electron chi connectivity index (χ4n) is 2.00. The van der Waals surface area contributed by atoms with Crippen molar-refractivity contribution in [2.24, 2.45) is 5.92 Å². The van der Waals surface area contributed by atoms with E-state index in [1.165, 1.54) is 0 Å². The molecule has 0 aromatic heterocycles. The molecule has 1 heterocycles. The van der Waals surface area contributed by atoms with Gasteiger partial charge >= 0.3 is 0 Å². The van der Waals surface area contributed by atoms with Crippen molar-refractivity contribution >= 4 is 5.91 Å². The molecule has 1 amide bonds. The van der Waals surface area contributed by atoms with Gasteiger partial charge in [-0.1, -0.05) is 20.3 Å². The van der Waals surface area contributed by atoms with Crippen LogP contribution in [-0.2, 0) is 4.79 Å². The van der Waals surface area contributed by atoms with E-state index >= 15 is 0 Å². The second-order valence-electron chi connectivity index (χ2n) is 4.33.